The Morgan fingerprint density at radius 2 is 1.89 bits per heavy atom. The van der Waals surface area contributed by atoms with Gasteiger partial charge in [-0.2, -0.15) is 4.68 Å². The molecule has 1 amide bonds. The molecule has 1 unspecified atom stereocenters. The van der Waals surface area contributed by atoms with E-state index in [4.69, 9.17) is 0 Å². The molecule has 1 aromatic heterocycles. The molecule has 8 nitrogen and oxygen atoms in total. The van der Waals surface area contributed by atoms with Crippen LogP contribution in [0.5, 0.6) is 0 Å². The number of hydrogen-bond donors (Lipinski definition) is 0. The van der Waals surface area contributed by atoms with Crippen LogP contribution in [-0.2, 0) is 11.3 Å². The van der Waals surface area contributed by atoms with E-state index in [1.54, 1.807) is 6.92 Å². The number of rotatable bonds is 6. The first kappa shape index (κ1) is 20.0. The minimum Gasteiger partial charge on any atom is -0.358 e. The molecule has 1 aromatic carbocycles. The lowest BCUT2D eigenvalue weighted by atomic mass is 10.1. The molecule has 150 valence electrons. The molecule has 1 aliphatic rings. The van der Waals surface area contributed by atoms with Crippen molar-refractivity contribution in [3.05, 3.63) is 57.3 Å². The number of carbonyl (C=O) groups excluding carboxylic acids is 1. The molecule has 2 aromatic rings. The normalized spacial score (nSPS) is 16.2. The van der Waals surface area contributed by atoms with E-state index < -0.39 is 11.0 Å². The summed E-state index contributed by atoms with van der Waals surface area (Å²) in [7, 11) is 0. The van der Waals surface area contributed by atoms with E-state index in [-0.39, 0.29) is 11.7 Å². The van der Waals surface area contributed by atoms with Gasteiger partial charge in [-0.3, -0.25) is 9.69 Å². The lowest BCUT2D eigenvalue weighted by Crippen LogP contribution is -2.50. The van der Waals surface area contributed by atoms with E-state index in [0.29, 0.717) is 25.2 Å². The molecule has 0 aliphatic carbocycles. The van der Waals surface area contributed by atoms with Gasteiger partial charge in [0.15, 0.2) is 6.04 Å². The Morgan fingerprint density at radius 3 is 2.46 bits per heavy atom. The van der Waals surface area contributed by atoms with Crippen molar-refractivity contribution in [2.24, 2.45) is 0 Å². The minimum absolute atomic E-state index is 0.0147. The first-order valence-corrected chi connectivity index (χ1v) is 9.67. The molecule has 28 heavy (non-hydrogen) atoms. The van der Waals surface area contributed by atoms with Crippen molar-refractivity contribution >= 4 is 11.7 Å². The monoisotopic (exact) mass is 385 g/mol. The lowest BCUT2D eigenvalue weighted by Gasteiger charge is -2.36. The van der Waals surface area contributed by atoms with Crippen molar-refractivity contribution in [1.82, 2.24) is 19.6 Å². The van der Waals surface area contributed by atoms with Gasteiger partial charge in [-0.05, 0) is 36.3 Å². The first-order valence-electron chi connectivity index (χ1n) is 9.67. The van der Waals surface area contributed by atoms with Gasteiger partial charge in [-0.15, -0.1) is 0 Å². The summed E-state index contributed by atoms with van der Waals surface area (Å²) in [6.45, 7) is 9.60. The van der Waals surface area contributed by atoms with E-state index in [1.807, 2.05) is 17.9 Å². The predicted molar refractivity (Wildman–Crippen MR) is 106 cm³/mol. The van der Waals surface area contributed by atoms with Crippen LogP contribution in [0, 0.1) is 24.0 Å². The second-order valence-corrected chi connectivity index (χ2v) is 7.30. The Balaban J connectivity index is 1.63. The summed E-state index contributed by atoms with van der Waals surface area (Å²) in [6.07, 6.45) is 0.544. The molecule has 1 saturated heterocycles. The fourth-order valence-corrected chi connectivity index (χ4v) is 3.69. The SMILES string of the molecule is CCC(C(=O)N1CCN(Cc2ccccc2C)CC1)n1nc([N+](=O)[O-])cc1C. The number of nitrogens with zero attached hydrogens (tertiary/aromatic N) is 5. The highest BCUT2D eigenvalue weighted by atomic mass is 16.6. The quantitative estimate of drug-likeness (QED) is 0.564. The van der Waals surface area contributed by atoms with E-state index in [9.17, 15) is 14.9 Å². The average Bonchev–Trinajstić information content (AvgIpc) is 3.07. The number of amides is 1. The maximum atomic E-state index is 13.1. The Bertz CT molecular complexity index is 855. The molecule has 1 atom stereocenters. The summed E-state index contributed by atoms with van der Waals surface area (Å²) in [4.78, 5) is 27.7. The van der Waals surface area contributed by atoms with Gasteiger partial charge in [-0.1, -0.05) is 31.2 Å². The van der Waals surface area contributed by atoms with Crippen molar-refractivity contribution in [3.63, 3.8) is 0 Å². The van der Waals surface area contributed by atoms with Gasteiger partial charge in [0.2, 0.25) is 5.91 Å². The number of aromatic nitrogens is 2. The second kappa shape index (κ2) is 8.52. The standard InChI is InChI=1S/C20H27N5O3/c1-4-18(24-16(3)13-19(21-24)25(27)28)20(26)23-11-9-22(10-12-23)14-17-8-6-5-7-15(17)2/h5-8,13,18H,4,9-12,14H2,1-3H3. The van der Waals surface area contributed by atoms with Gasteiger partial charge in [0.1, 0.15) is 0 Å². The number of aryl methyl sites for hydroxylation is 2. The van der Waals surface area contributed by atoms with Gasteiger partial charge in [0, 0.05) is 32.7 Å². The number of nitro groups is 1. The first-order chi connectivity index (χ1) is 13.4. The molecule has 0 spiro atoms. The molecule has 3 rings (SSSR count). The Morgan fingerprint density at radius 1 is 1.21 bits per heavy atom. The topological polar surface area (TPSA) is 84.5 Å². The molecule has 8 heteroatoms. The zero-order valence-electron chi connectivity index (χ0n) is 16.7. The van der Waals surface area contributed by atoms with Crippen molar-refractivity contribution < 1.29 is 9.72 Å². The predicted octanol–water partition coefficient (Wildman–Crippen LogP) is 2.70. The third-order valence-corrected chi connectivity index (χ3v) is 5.40. The smallest absolute Gasteiger partial charge is 0.358 e. The van der Waals surface area contributed by atoms with Gasteiger partial charge >= 0.3 is 5.82 Å². The summed E-state index contributed by atoms with van der Waals surface area (Å²) in [5, 5.41) is 15.0. The zero-order valence-corrected chi connectivity index (χ0v) is 16.7. The Kier molecular flexibility index (Phi) is 6.08. The number of hydrogen-bond acceptors (Lipinski definition) is 5. The summed E-state index contributed by atoms with van der Waals surface area (Å²) in [6, 6.07) is 9.27. The van der Waals surface area contributed by atoms with E-state index in [2.05, 4.69) is 35.1 Å². The number of benzene rings is 1. The Labute approximate surface area is 164 Å². The van der Waals surface area contributed by atoms with Crippen molar-refractivity contribution in [2.75, 3.05) is 26.2 Å². The fraction of sp³-hybridized carbons (Fsp3) is 0.500. The van der Waals surface area contributed by atoms with Crippen molar-refractivity contribution in [1.29, 1.82) is 0 Å². The maximum absolute atomic E-state index is 13.1. The highest BCUT2D eigenvalue weighted by Crippen LogP contribution is 2.22. The largest absolute Gasteiger partial charge is 0.390 e. The third-order valence-electron chi connectivity index (χ3n) is 5.40. The summed E-state index contributed by atoms with van der Waals surface area (Å²) < 4.78 is 1.50. The highest BCUT2D eigenvalue weighted by molar-refractivity contribution is 5.80. The van der Waals surface area contributed by atoms with Crippen LogP contribution in [0.25, 0.3) is 0 Å². The lowest BCUT2D eigenvalue weighted by molar-refractivity contribution is -0.389. The van der Waals surface area contributed by atoms with Crippen molar-refractivity contribution in [3.8, 4) is 0 Å². The zero-order chi connectivity index (χ0) is 20.3. The van der Waals surface area contributed by atoms with Crippen LogP contribution in [0.2, 0.25) is 0 Å². The molecule has 0 N–H and O–H groups in total. The molecule has 0 saturated carbocycles. The number of carbonyl (C=O) groups is 1. The number of piperazine rings is 1. The molecular formula is C20H27N5O3. The van der Waals surface area contributed by atoms with Crippen LogP contribution in [0.3, 0.4) is 0 Å². The van der Waals surface area contributed by atoms with Crippen LogP contribution in [0.15, 0.2) is 30.3 Å². The van der Waals surface area contributed by atoms with Crippen LogP contribution in [0.1, 0.15) is 36.2 Å². The van der Waals surface area contributed by atoms with Gasteiger partial charge in [0.05, 0.1) is 16.9 Å². The second-order valence-electron chi connectivity index (χ2n) is 7.30. The average molecular weight is 385 g/mol. The summed E-state index contributed by atoms with van der Waals surface area (Å²) in [5.41, 5.74) is 3.22. The van der Waals surface area contributed by atoms with Crippen LogP contribution >= 0.6 is 0 Å². The molecule has 2 heterocycles. The van der Waals surface area contributed by atoms with Crippen LogP contribution in [0.4, 0.5) is 5.82 Å². The summed E-state index contributed by atoms with van der Waals surface area (Å²) >= 11 is 0. The third kappa shape index (κ3) is 4.22. The van der Waals surface area contributed by atoms with E-state index >= 15 is 0 Å². The van der Waals surface area contributed by atoms with Crippen molar-refractivity contribution in [2.45, 2.75) is 39.8 Å². The highest BCUT2D eigenvalue weighted by Gasteiger charge is 2.32. The summed E-state index contributed by atoms with van der Waals surface area (Å²) in [5.74, 6) is -0.231. The molecule has 1 fully saturated rings. The minimum atomic E-state index is -0.523. The Hall–Kier alpha value is -2.74. The molecule has 1 aliphatic heterocycles. The van der Waals surface area contributed by atoms with Gasteiger partial charge in [-0.25, -0.2) is 0 Å². The van der Waals surface area contributed by atoms with Crippen LogP contribution in [-0.4, -0.2) is 56.6 Å². The molecular weight excluding hydrogens is 358 g/mol. The van der Waals surface area contributed by atoms with E-state index in [0.717, 1.165) is 19.6 Å². The molecule has 0 radical (unpaired) electrons. The van der Waals surface area contributed by atoms with Gasteiger partial charge in [0.25, 0.3) is 0 Å². The van der Waals surface area contributed by atoms with Crippen LogP contribution < -0.4 is 0 Å². The maximum Gasteiger partial charge on any atom is 0.390 e. The molecule has 0 bridgehead atoms. The van der Waals surface area contributed by atoms with E-state index in [1.165, 1.54) is 21.9 Å². The fourth-order valence-electron chi connectivity index (χ4n) is 3.69. The van der Waals surface area contributed by atoms with Gasteiger partial charge < -0.3 is 15.0 Å².